The molecule has 0 saturated heterocycles. The third-order valence-corrected chi connectivity index (χ3v) is 5.37. The molecule has 0 aliphatic rings. The highest BCUT2D eigenvalue weighted by atomic mass is 32.2. The zero-order valence-electron chi connectivity index (χ0n) is 14.8. The monoisotopic (exact) mass is 365 g/mol. The molecule has 0 heterocycles. The van der Waals surface area contributed by atoms with Gasteiger partial charge in [-0.1, -0.05) is 12.1 Å². The quantitative estimate of drug-likeness (QED) is 0.728. The summed E-state index contributed by atoms with van der Waals surface area (Å²) in [5, 5.41) is 0. The summed E-state index contributed by atoms with van der Waals surface area (Å²) in [7, 11) is -0.791. The first-order valence-corrected chi connectivity index (χ1v) is 9.28. The van der Waals surface area contributed by atoms with Gasteiger partial charge in [-0.15, -0.1) is 0 Å². The van der Waals surface area contributed by atoms with Gasteiger partial charge in [-0.05, 0) is 43.2 Å². The normalized spacial score (nSPS) is 11.2. The summed E-state index contributed by atoms with van der Waals surface area (Å²) >= 11 is 0. The number of hydrogen-bond donors (Lipinski definition) is 1. The maximum Gasteiger partial charge on any atom is 0.244 e. The zero-order valence-corrected chi connectivity index (χ0v) is 15.6. The number of rotatable bonds is 8. The second kappa shape index (κ2) is 8.22. The van der Waals surface area contributed by atoms with Crippen LogP contribution in [0.25, 0.3) is 0 Å². The van der Waals surface area contributed by atoms with Crippen LogP contribution in [-0.4, -0.2) is 35.8 Å². The minimum Gasteiger partial charge on any atom is -0.497 e. The van der Waals surface area contributed by atoms with Gasteiger partial charge in [-0.2, -0.15) is 0 Å². The molecule has 0 fully saturated rings. The predicted molar refractivity (Wildman–Crippen MR) is 96.1 cm³/mol. The van der Waals surface area contributed by atoms with Crippen molar-refractivity contribution >= 4 is 10.0 Å². The van der Waals surface area contributed by atoms with Crippen LogP contribution in [0.5, 0.6) is 17.2 Å². The van der Waals surface area contributed by atoms with Gasteiger partial charge in [0.1, 0.15) is 28.8 Å². The van der Waals surface area contributed by atoms with Crippen molar-refractivity contribution in [2.24, 2.45) is 0 Å². The highest BCUT2D eigenvalue weighted by molar-refractivity contribution is 7.89. The molecular formula is C18H23NO5S. The number of hydrogen-bond acceptors (Lipinski definition) is 5. The van der Waals surface area contributed by atoms with Crippen molar-refractivity contribution in [3.63, 3.8) is 0 Å². The Morgan fingerprint density at radius 3 is 2.44 bits per heavy atom. The number of benzene rings is 2. The summed E-state index contributed by atoms with van der Waals surface area (Å²) in [6.45, 7) is 4.34. The number of nitrogens with one attached hydrogen (secondary N) is 1. The summed E-state index contributed by atoms with van der Waals surface area (Å²) in [6, 6.07) is 10.3. The van der Waals surface area contributed by atoms with Crippen molar-refractivity contribution < 1.29 is 22.6 Å². The van der Waals surface area contributed by atoms with Crippen LogP contribution < -0.4 is 18.9 Å². The number of ether oxygens (including phenoxy) is 3. The van der Waals surface area contributed by atoms with E-state index < -0.39 is 10.0 Å². The summed E-state index contributed by atoms with van der Waals surface area (Å²) in [4.78, 5) is 0.0579. The summed E-state index contributed by atoms with van der Waals surface area (Å²) < 4.78 is 43.3. The van der Waals surface area contributed by atoms with E-state index in [4.69, 9.17) is 14.2 Å². The van der Waals surface area contributed by atoms with E-state index >= 15 is 0 Å². The molecule has 7 heteroatoms. The Kier molecular flexibility index (Phi) is 6.27. The minimum absolute atomic E-state index is 0.0579. The molecule has 0 aliphatic carbocycles. The number of aryl methyl sites for hydroxylation is 1. The van der Waals surface area contributed by atoms with E-state index in [0.717, 1.165) is 16.9 Å². The van der Waals surface area contributed by atoms with Crippen molar-refractivity contribution in [1.29, 1.82) is 0 Å². The van der Waals surface area contributed by atoms with Gasteiger partial charge in [0.25, 0.3) is 0 Å². The summed E-state index contributed by atoms with van der Waals surface area (Å²) in [5.74, 6) is 1.50. The lowest BCUT2D eigenvalue weighted by molar-refractivity contribution is 0.320. The van der Waals surface area contributed by atoms with Crippen molar-refractivity contribution in [3.8, 4) is 17.2 Å². The molecule has 0 radical (unpaired) electrons. The van der Waals surface area contributed by atoms with Crippen LogP contribution >= 0.6 is 0 Å². The van der Waals surface area contributed by atoms with E-state index in [1.165, 1.54) is 26.4 Å². The van der Waals surface area contributed by atoms with Gasteiger partial charge < -0.3 is 14.2 Å². The maximum absolute atomic E-state index is 12.5. The average molecular weight is 365 g/mol. The third-order valence-electron chi connectivity index (χ3n) is 3.87. The second-order valence-corrected chi connectivity index (χ2v) is 7.20. The van der Waals surface area contributed by atoms with Crippen molar-refractivity contribution in [1.82, 2.24) is 4.72 Å². The molecule has 0 unspecified atom stereocenters. The Morgan fingerprint density at radius 2 is 1.76 bits per heavy atom. The Labute approximate surface area is 148 Å². The van der Waals surface area contributed by atoms with Gasteiger partial charge in [0.05, 0.1) is 14.2 Å². The molecule has 0 atom stereocenters. The average Bonchev–Trinajstić information content (AvgIpc) is 2.61. The van der Waals surface area contributed by atoms with Crippen molar-refractivity contribution in [2.75, 3.05) is 27.4 Å². The standard InChI is InChI=1S/C18H23NO5S/c1-13-6-5-7-16(14(13)2)24-11-10-19-25(20,21)18-9-8-15(22-3)12-17(18)23-4/h5-9,12,19H,10-11H2,1-4H3. The number of sulfonamides is 1. The molecule has 1 N–H and O–H groups in total. The van der Waals surface area contributed by atoms with E-state index in [0.29, 0.717) is 5.75 Å². The minimum atomic E-state index is -3.71. The first-order valence-electron chi connectivity index (χ1n) is 7.79. The van der Waals surface area contributed by atoms with Crippen molar-refractivity contribution in [2.45, 2.75) is 18.7 Å². The smallest absolute Gasteiger partial charge is 0.244 e. The molecule has 0 amide bonds. The highest BCUT2D eigenvalue weighted by Crippen LogP contribution is 2.28. The SMILES string of the molecule is COc1ccc(S(=O)(=O)NCCOc2cccc(C)c2C)c(OC)c1. The predicted octanol–water partition coefficient (Wildman–Crippen LogP) is 2.68. The van der Waals surface area contributed by atoms with Crippen LogP contribution in [0.4, 0.5) is 0 Å². The van der Waals surface area contributed by atoms with Crippen molar-refractivity contribution in [3.05, 3.63) is 47.5 Å². The van der Waals surface area contributed by atoms with Crippen LogP contribution in [0, 0.1) is 13.8 Å². The lowest BCUT2D eigenvalue weighted by Gasteiger charge is -2.13. The van der Waals surface area contributed by atoms with Gasteiger partial charge in [-0.25, -0.2) is 13.1 Å². The molecule has 6 nitrogen and oxygen atoms in total. The summed E-state index contributed by atoms with van der Waals surface area (Å²) in [5.41, 5.74) is 2.17. The lowest BCUT2D eigenvalue weighted by Crippen LogP contribution is -2.28. The van der Waals surface area contributed by atoms with E-state index in [9.17, 15) is 8.42 Å². The number of methoxy groups -OCH3 is 2. The second-order valence-electron chi connectivity index (χ2n) is 5.46. The largest absolute Gasteiger partial charge is 0.497 e. The molecule has 2 aromatic carbocycles. The van der Waals surface area contributed by atoms with Crippen LogP contribution in [0.2, 0.25) is 0 Å². The first-order chi connectivity index (χ1) is 11.9. The Hall–Kier alpha value is -2.25. The summed E-state index contributed by atoms with van der Waals surface area (Å²) in [6.07, 6.45) is 0. The highest BCUT2D eigenvalue weighted by Gasteiger charge is 2.19. The lowest BCUT2D eigenvalue weighted by atomic mass is 10.1. The molecule has 2 aromatic rings. The van der Waals surface area contributed by atoms with Crippen LogP contribution in [-0.2, 0) is 10.0 Å². The zero-order chi connectivity index (χ0) is 18.4. The topological polar surface area (TPSA) is 73.9 Å². The van der Waals surface area contributed by atoms with Gasteiger partial charge in [0, 0.05) is 12.6 Å². The van der Waals surface area contributed by atoms with Gasteiger partial charge in [0.15, 0.2) is 0 Å². The van der Waals surface area contributed by atoms with Gasteiger partial charge in [0.2, 0.25) is 10.0 Å². The van der Waals surface area contributed by atoms with Gasteiger partial charge in [-0.3, -0.25) is 0 Å². The van der Waals surface area contributed by atoms with Crippen LogP contribution in [0.1, 0.15) is 11.1 Å². The molecule has 0 aromatic heterocycles. The Bertz CT molecular complexity index is 833. The third kappa shape index (κ3) is 4.64. The fourth-order valence-electron chi connectivity index (χ4n) is 2.29. The van der Waals surface area contributed by atoms with Crippen LogP contribution in [0.3, 0.4) is 0 Å². The Morgan fingerprint density at radius 1 is 1.00 bits per heavy atom. The molecule has 0 saturated carbocycles. The molecule has 2 rings (SSSR count). The van der Waals surface area contributed by atoms with Gasteiger partial charge >= 0.3 is 0 Å². The molecule has 0 aliphatic heterocycles. The molecule has 136 valence electrons. The van der Waals surface area contributed by atoms with E-state index in [1.54, 1.807) is 6.07 Å². The van der Waals surface area contributed by atoms with Crippen LogP contribution in [0.15, 0.2) is 41.3 Å². The molecular weight excluding hydrogens is 342 g/mol. The fourth-order valence-corrected chi connectivity index (χ4v) is 3.45. The fraction of sp³-hybridized carbons (Fsp3) is 0.333. The molecule has 25 heavy (non-hydrogen) atoms. The molecule has 0 bridgehead atoms. The van der Waals surface area contributed by atoms with E-state index in [1.807, 2.05) is 32.0 Å². The van der Waals surface area contributed by atoms with E-state index in [2.05, 4.69) is 4.72 Å². The first kappa shape index (κ1) is 19.1. The van der Waals surface area contributed by atoms with E-state index in [-0.39, 0.29) is 23.8 Å². The Balaban J connectivity index is 2.01. The maximum atomic E-state index is 12.5. The molecule has 0 spiro atoms.